The van der Waals surface area contributed by atoms with Gasteiger partial charge in [-0.1, -0.05) is 11.6 Å². The van der Waals surface area contributed by atoms with Crippen molar-refractivity contribution >= 4 is 17.4 Å². The molecule has 1 N–H and O–H groups in total. The van der Waals surface area contributed by atoms with Crippen molar-refractivity contribution in [3.63, 3.8) is 0 Å². The largest absolute Gasteiger partial charge is 0.366 e. The van der Waals surface area contributed by atoms with Crippen LogP contribution in [0.15, 0.2) is 12.1 Å². The van der Waals surface area contributed by atoms with Gasteiger partial charge in [-0.05, 0) is 44.0 Å². The molecule has 0 saturated carbocycles. The minimum Gasteiger partial charge on any atom is -0.366 e. The van der Waals surface area contributed by atoms with E-state index in [-0.39, 0.29) is 0 Å². The Morgan fingerprint density at radius 3 is 2.78 bits per heavy atom. The fraction of sp³-hybridized carbons (Fsp3) is 0.538. The molecule has 0 amide bonds. The van der Waals surface area contributed by atoms with Crippen LogP contribution in [0.3, 0.4) is 0 Å². The number of nitriles is 1. The minimum atomic E-state index is 0.373. The number of hydrogen-bond acceptors (Lipinski definition) is 4. The molecule has 0 aliphatic carbocycles. The first kappa shape index (κ1) is 11.8. The van der Waals surface area contributed by atoms with Gasteiger partial charge < -0.3 is 10.2 Å². The number of aromatic nitrogens is 1. The topological polar surface area (TPSA) is 52.0 Å². The van der Waals surface area contributed by atoms with Crippen LogP contribution in [-0.4, -0.2) is 35.6 Å². The van der Waals surface area contributed by atoms with Crippen molar-refractivity contribution in [1.82, 2.24) is 9.88 Å². The second-order valence-corrected chi connectivity index (χ2v) is 5.45. The van der Waals surface area contributed by atoms with Gasteiger partial charge >= 0.3 is 0 Å². The van der Waals surface area contributed by atoms with Crippen molar-refractivity contribution in [2.45, 2.75) is 18.9 Å². The lowest BCUT2D eigenvalue weighted by atomic mass is 9.84. The summed E-state index contributed by atoms with van der Waals surface area (Å²) in [5, 5.41) is 12.7. The molecule has 3 aliphatic rings. The molecule has 0 radical (unpaired) electrons. The zero-order chi connectivity index (χ0) is 12.5. The predicted octanol–water partition coefficient (Wildman–Crippen LogP) is 2.11. The van der Waals surface area contributed by atoms with Crippen molar-refractivity contribution in [3.05, 3.63) is 22.8 Å². The summed E-state index contributed by atoms with van der Waals surface area (Å²) in [4.78, 5) is 6.72. The minimum absolute atomic E-state index is 0.373. The van der Waals surface area contributed by atoms with E-state index in [0.29, 0.717) is 16.8 Å². The van der Waals surface area contributed by atoms with Gasteiger partial charge in [-0.3, -0.25) is 0 Å². The number of rotatable bonds is 2. The molecular formula is C13H15ClN4. The quantitative estimate of drug-likeness (QED) is 0.830. The first-order chi connectivity index (χ1) is 8.74. The molecule has 3 fully saturated rings. The van der Waals surface area contributed by atoms with Crippen molar-refractivity contribution in [3.8, 4) is 6.07 Å². The summed E-state index contributed by atoms with van der Waals surface area (Å²) in [6.45, 7) is 3.51. The standard InChI is InChI=1S/C13H15ClN4/c14-12-5-9(7-15)6-13(17-12)16-11-8-18-3-1-10(11)2-4-18/h5-6,10-11H,1-4,8H2,(H,16,17). The molecule has 4 nitrogen and oxygen atoms in total. The summed E-state index contributed by atoms with van der Waals surface area (Å²) in [5.74, 6) is 1.44. The van der Waals surface area contributed by atoms with Gasteiger partial charge in [-0.25, -0.2) is 4.98 Å². The Hall–Kier alpha value is -1.31. The second-order valence-electron chi connectivity index (χ2n) is 5.06. The van der Waals surface area contributed by atoms with Gasteiger partial charge in [0.2, 0.25) is 0 Å². The zero-order valence-electron chi connectivity index (χ0n) is 10.1. The summed E-state index contributed by atoms with van der Waals surface area (Å²) in [7, 11) is 0. The Labute approximate surface area is 112 Å². The summed E-state index contributed by atoms with van der Waals surface area (Å²) in [6, 6.07) is 5.89. The molecular weight excluding hydrogens is 248 g/mol. The highest BCUT2D eigenvalue weighted by atomic mass is 35.5. The molecule has 0 aromatic carbocycles. The lowest BCUT2D eigenvalue weighted by Crippen LogP contribution is -2.53. The lowest BCUT2D eigenvalue weighted by Gasteiger charge is -2.45. The van der Waals surface area contributed by atoms with Crippen LogP contribution < -0.4 is 5.32 Å². The summed E-state index contributed by atoms with van der Waals surface area (Å²) < 4.78 is 0. The first-order valence-electron chi connectivity index (χ1n) is 6.31. The van der Waals surface area contributed by atoms with E-state index in [1.165, 1.54) is 25.9 Å². The Kier molecular flexibility index (Phi) is 3.11. The van der Waals surface area contributed by atoms with Gasteiger partial charge in [0, 0.05) is 12.6 Å². The van der Waals surface area contributed by atoms with Crippen LogP contribution in [0.5, 0.6) is 0 Å². The van der Waals surface area contributed by atoms with E-state index in [9.17, 15) is 0 Å². The van der Waals surface area contributed by atoms with Crippen molar-refractivity contribution < 1.29 is 0 Å². The van der Waals surface area contributed by atoms with Crippen LogP contribution in [0.4, 0.5) is 5.82 Å². The lowest BCUT2D eigenvalue weighted by molar-refractivity contribution is 0.0974. The third kappa shape index (κ3) is 2.29. The maximum Gasteiger partial charge on any atom is 0.132 e. The van der Waals surface area contributed by atoms with E-state index < -0.39 is 0 Å². The highest BCUT2D eigenvalue weighted by Crippen LogP contribution is 2.29. The van der Waals surface area contributed by atoms with E-state index in [0.717, 1.165) is 18.3 Å². The molecule has 5 heteroatoms. The van der Waals surface area contributed by atoms with Crippen LogP contribution >= 0.6 is 11.6 Å². The molecule has 94 valence electrons. The summed E-state index contributed by atoms with van der Waals surface area (Å²) in [5.41, 5.74) is 0.554. The van der Waals surface area contributed by atoms with Gasteiger partial charge in [0.1, 0.15) is 11.0 Å². The molecule has 2 bridgehead atoms. The van der Waals surface area contributed by atoms with E-state index in [1.54, 1.807) is 12.1 Å². The zero-order valence-corrected chi connectivity index (χ0v) is 10.8. The van der Waals surface area contributed by atoms with Gasteiger partial charge in [-0.15, -0.1) is 0 Å². The van der Waals surface area contributed by atoms with Gasteiger partial charge in [0.05, 0.1) is 11.6 Å². The van der Waals surface area contributed by atoms with Crippen molar-refractivity contribution in [2.24, 2.45) is 5.92 Å². The van der Waals surface area contributed by atoms with Crippen LogP contribution in [-0.2, 0) is 0 Å². The second kappa shape index (κ2) is 4.75. The Morgan fingerprint density at radius 1 is 1.39 bits per heavy atom. The van der Waals surface area contributed by atoms with Crippen LogP contribution in [0.1, 0.15) is 18.4 Å². The van der Waals surface area contributed by atoms with Crippen LogP contribution in [0.2, 0.25) is 5.15 Å². The van der Waals surface area contributed by atoms with Gasteiger partial charge in [0.15, 0.2) is 0 Å². The molecule has 4 heterocycles. The maximum absolute atomic E-state index is 8.93. The molecule has 18 heavy (non-hydrogen) atoms. The van der Waals surface area contributed by atoms with E-state index >= 15 is 0 Å². The number of nitrogens with zero attached hydrogens (tertiary/aromatic N) is 3. The van der Waals surface area contributed by atoms with E-state index in [1.807, 2.05) is 0 Å². The third-order valence-corrected chi connectivity index (χ3v) is 4.11. The summed E-state index contributed by atoms with van der Waals surface area (Å²) >= 11 is 5.91. The van der Waals surface area contributed by atoms with E-state index in [2.05, 4.69) is 21.3 Å². The third-order valence-electron chi connectivity index (χ3n) is 3.91. The van der Waals surface area contributed by atoms with Crippen LogP contribution in [0.25, 0.3) is 0 Å². The normalized spacial score (nSPS) is 29.9. The molecule has 4 rings (SSSR count). The van der Waals surface area contributed by atoms with Gasteiger partial charge in [0.25, 0.3) is 0 Å². The number of piperidine rings is 3. The van der Waals surface area contributed by atoms with Gasteiger partial charge in [-0.2, -0.15) is 5.26 Å². The molecule has 3 aliphatic heterocycles. The van der Waals surface area contributed by atoms with Crippen LogP contribution in [0, 0.1) is 17.2 Å². The molecule has 3 saturated heterocycles. The molecule has 0 spiro atoms. The number of hydrogen-bond donors (Lipinski definition) is 1. The number of nitrogens with one attached hydrogen (secondary N) is 1. The average Bonchev–Trinajstić information content (AvgIpc) is 2.39. The van der Waals surface area contributed by atoms with Crippen molar-refractivity contribution in [2.75, 3.05) is 25.0 Å². The highest BCUT2D eigenvalue weighted by molar-refractivity contribution is 6.29. The number of halogens is 1. The first-order valence-corrected chi connectivity index (χ1v) is 6.69. The molecule has 1 aromatic heterocycles. The Morgan fingerprint density at radius 2 is 2.17 bits per heavy atom. The predicted molar refractivity (Wildman–Crippen MR) is 70.5 cm³/mol. The number of pyridine rings is 1. The van der Waals surface area contributed by atoms with E-state index in [4.69, 9.17) is 16.9 Å². The Balaban J connectivity index is 1.77. The maximum atomic E-state index is 8.93. The fourth-order valence-corrected chi connectivity index (χ4v) is 3.16. The molecule has 1 aromatic rings. The Bertz CT molecular complexity index is 488. The summed E-state index contributed by atoms with van der Waals surface area (Å²) in [6.07, 6.45) is 2.51. The number of fused-ring (bicyclic) bond motifs is 3. The molecule has 1 atom stereocenters. The fourth-order valence-electron chi connectivity index (χ4n) is 2.95. The smallest absolute Gasteiger partial charge is 0.132 e. The average molecular weight is 263 g/mol. The number of anilines is 1. The highest BCUT2D eigenvalue weighted by Gasteiger charge is 2.34. The SMILES string of the molecule is N#Cc1cc(Cl)nc(NC2CN3CCC2CC3)c1. The monoisotopic (exact) mass is 262 g/mol. The molecule has 1 unspecified atom stereocenters. The van der Waals surface area contributed by atoms with Crippen molar-refractivity contribution in [1.29, 1.82) is 5.26 Å².